The number of carbonyl (C=O) groups is 3. The monoisotopic (exact) mass is 246 g/mol. The predicted molar refractivity (Wildman–Crippen MR) is 55.0 cm³/mol. The van der Waals surface area contributed by atoms with E-state index >= 15 is 0 Å². The van der Waals surface area contributed by atoms with E-state index in [-0.39, 0.29) is 13.2 Å². The fraction of sp³-hybridized carbons (Fsp3) is 0.500. The van der Waals surface area contributed by atoms with Crippen molar-refractivity contribution in [2.24, 2.45) is 0 Å². The summed E-state index contributed by atoms with van der Waals surface area (Å²) in [6, 6.07) is 0. The van der Waals surface area contributed by atoms with E-state index in [4.69, 9.17) is 0 Å². The van der Waals surface area contributed by atoms with Crippen molar-refractivity contribution in [3.63, 3.8) is 0 Å². The molecular formula is C10H14O7. The van der Waals surface area contributed by atoms with Crippen LogP contribution < -0.4 is 0 Å². The molecule has 0 aliphatic heterocycles. The topological polar surface area (TPSA) is 88.1 Å². The maximum atomic E-state index is 11.0. The Labute approximate surface area is 98.3 Å². The van der Waals surface area contributed by atoms with Gasteiger partial charge in [-0.05, 0) is 0 Å². The van der Waals surface area contributed by atoms with E-state index in [1.807, 2.05) is 0 Å². The van der Waals surface area contributed by atoms with E-state index in [2.05, 4.69) is 18.9 Å². The lowest BCUT2D eigenvalue weighted by Crippen LogP contribution is -2.14. The van der Waals surface area contributed by atoms with Crippen LogP contribution in [0.3, 0.4) is 0 Å². The highest BCUT2D eigenvalue weighted by Crippen LogP contribution is 1.87. The summed E-state index contributed by atoms with van der Waals surface area (Å²) in [4.78, 5) is 32.5. The van der Waals surface area contributed by atoms with Crippen LogP contribution in [0.4, 0.5) is 0 Å². The lowest BCUT2D eigenvalue weighted by atomic mass is 10.5. The summed E-state index contributed by atoms with van der Waals surface area (Å²) in [5.41, 5.74) is 0. The highest BCUT2D eigenvalue weighted by Gasteiger charge is 2.05. The molecule has 96 valence electrons. The Bertz CT molecular complexity index is 295. The summed E-state index contributed by atoms with van der Waals surface area (Å²) in [7, 11) is 2.63. The molecule has 17 heavy (non-hydrogen) atoms. The fourth-order valence-corrected chi connectivity index (χ4v) is 0.647. The van der Waals surface area contributed by atoms with Crippen LogP contribution in [0.1, 0.15) is 0 Å². The zero-order valence-electron chi connectivity index (χ0n) is 9.63. The second kappa shape index (κ2) is 9.34. The molecule has 0 aromatic heterocycles. The van der Waals surface area contributed by atoms with Crippen molar-refractivity contribution in [3.05, 3.63) is 12.2 Å². The number of esters is 3. The molecule has 0 unspecified atom stereocenters. The van der Waals surface area contributed by atoms with E-state index in [1.54, 1.807) is 0 Å². The van der Waals surface area contributed by atoms with Gasteiger partial charge in [0.15, 0.2) is 6.61 Å². The van der Waals surface area contributed by atoms with Crippen LogP contribution >= 0.6 is 0 Å². The van der Waals surface area contributed by atoms with Crippen LogP contribution in [0.2, 0.25) is 0 Å². The standard InChI is InChI=1S/C10H14O7/c1-14-5-6-16-8(11)3-4-9(12)17-7-10(13)15-2/h3-4H,5-7H2,1-2H3/b4-3+. The third-order valence-corrected chi connectivity index (χ3v) is 1.45. The van der Waals surface area contributed by atoms with Crippen molar-refractivity contribution in [1.82, 2.24) is 0 Å². The molecule has 0 saturated carbocycles. The van der Waals surface area contributed by atoms with E-state index in [0.717, 1.165) is 12.2 Å². The van der Waals surface area contributed by atoms with Gasteiger partial charge in [-0.15, -0.1) is 0 Å². The summed E-state index contributed by atoms with van der Waals surface area (Å²) in [5.74, 6) is -2.22. The van der Waals surface area contributed by atoms with Crippen molar-refractivity contribution in [2.75, 3.05) is 34.0 Å². The minimum Gasteiger partial charge on any atom is -0.466 e. The second-order valence-electron chi connectivity index (χ2n) is 2.68. The van der Waals surface area contributed by atoms with Gasteiger partial charge >= 0.3 is 17.9 Å². The van der Waals surface area contributed by atoms with E-state index in [0.29, 0.717) is 0 Å². The molecule has 0 radical (unpaired) electrons. The molecule has 0 heterocycles. The fourth-order valence-electron chi connectivity index (χ4n) is 0.647. The summed E-state index contributed by atoms with van der Waals surface area (Å²) in [6.07, 6.45) is 1.76. The first kappa shape index (κ1) is 15.1. The Morgan fingerprint density at radius 1 is 0.941 bits per heavy atom. The van der Waals surface area contributed by atoms with Crippen LogP contribution in [0.15, 0.2) is 12.2 Å². The SMILES string of the molecule is COCCOC(=O)/C=C/C(=O)OCC(=O)OC. The zero-order valence-corrected chi connectivity index (χ0v) is 9.63. The molecule has 0 N–H and O–H groups in total. The van der Waals surface area contributed by atoms with Gasteiger partial charge < -0.3 is 18.9 Å². The van der Waals surface area contributed by atoms with Gasteiger partial charge in [-0.3, -0.25) is 0 Å². The Balaban J connectivity index is 3.78. The Hall–Kier alpha value is -1.89. The molecule has 0 bridgehead atoms. The molecule has 0 aromatic carbocycles. The molecule has 0 saturated heterocycles. The van der Waals surface area contributed by atoms with Crippen molar-refractivity contribution in [3.8, 4) is 0 Å². The largest absolute Gasteiger partial charge is 0.466 e. The van der Waals surface area contributed by atoms with Crippen LogP contribution in [0, 0.1) is 0 Å². The van der Waals surface area contributed by atoms with Crippen LogP contribution in [0.25, 0.3) is 0 Å². The molecule has 7 nitrogen and oxygen atoms in total. The molecule has 0 spiro atoms. The Morgan fingerprint density at radius 2 is 1.53 bits per heavy atom. The first-order chi connectivity index (χ1) is 8.10. The van der Waals surface area contributed by atoms with Crippen LogP contribution in [-0.4, -0.2) is 51.9 Å². The minimum absolute atomic E-state index is 0.0941. The maximum Gasteiger partial charge on any atom is 0.344 e. The highest BCUT2D eigenvalue weighted by atomic mass is 16.6. The summed E-state index contributed by atoms with van der Waals surface area (Å²) < 4.78 is 18.0. The predicted octanol–water partition coefficient (Wildman–Crippen LogP) is -0.552. The number of rotatable bonds is 7. The quantitative estimate of drug-likeness (QED) is 0.257. The average molecular weight is 246 g/mol. The first-order valence-electron chi connectivity index (χ1n) is 4.67. The van der Waals surface area contributed by atoms with Gasteiger partial charge in [0.05, 0.1) is 13.7 Å². The van der Waals surface area contributed by atoms with Gasteiger partial charge in [0.2, 0.25) is 0 Å². The van der Waals surface area contributed by atoms with Gasteiger partial charge in [0.25, 0.3) is 0 Å². The van der Waals surface area contributed by atoms with Crippen LogP contribution in [-0.2, 0) is 33.3 Å². The van der Waals surface area contributed by atoms with E-state index < -0.39 is 24.5 Å². The van der Waals surface area contributed by atoms with Gasteiger partial charge in [-0.1, -0.05) is 0 Å². The summed E-state index contributed by atoms with van der Waals surface area (Å²) in [5, 5.41) is 0. The molecule has 0 aromatic rings. The van der Waals surface area contributed by atoms with Crippen molar-refractivity contribution in [1.29, 1.82) is 0 Å². The lowest BCUT2D eigenvalue weighted by molar-refractivity contribution is -0.154. The van der Waals surface area contributed by atoms with Crippen LogP contribution in [0.5, 0.6) is 0 Å². The second-order valence-corrected chi connectivity index (χ2v) is 2.68. The minimum atomic E-state index is -0.834. The molecule has 7 heteroatoms. The third-order valence-electron chi connectivity index (χ3n) is 1.45. The van der Waals surface area contributed by atoms with Crippen molar-refractivity contribution in [2.45, 2.75) is 0 Å². The Morgan fingerprint density at radius 3 is 2.06 bits per heavy atom. The maximum absolute atomic E-state index is 11.0. The van der Waals surface area contributed by atoms with Crippen molar-refractivity contribution < 1.29 is 33.3 Å². The number of hydrogen-bond donors (Lipinski definition) is 0. The van der Waals surface area contributed by atoms with Gasteiger partial charge in [0, 0.05) is 19.3 Å². The highest BCUT2D eigenvalue weighted by molar-refractivity contribution is 5.92. The first-order valence-corrected chi connectivity index (χ1v) is 4.67. The molecule has 0 rings (SSSR count). The number of ether oxygens (including phenoxy) is 4. The van der Waals surface area contributed by atoms with Gasteiger partial charge in [-0.25, -0.2) is 14.4 Å². The molecule has 0 atom stereocenters. The smallest absolute Gasteiger partial charge is 0.344 e. The molecule has 0 aliphatic rings. The van der Waals surface area contributed by atoms with Gasteiger partial charge in [-0.2, -0.15) is 0 Å². The van der Waals surface area contributed by atoms with E-state index in [9.17, 15) is 14.4 Å². The third kappa shape index (κ3) is 9.06. The molecule has 0 amide bonds. The number of carbonyl (C=O) groups excluding carboxylic acids is 3. The molecule has 0 fully saturated rings. The summed E-state index contributed by atoms with van der Waals surface area (Å²) >= 11 is 0. The number of hydrogen-bond acceptors (Lipinski definition) is 7. The summed E-state index contributed by atoms with van der Waals surface area (Å²) in [6.45, 7) is -0.137. The molecule has 0 aliphatic carbocycles. The number of methoxy groups -OCH3 is 2. The van der Waals surface area contributed by atoms with Crippen molar-refractivity contribution >= 4 is 17.9 Å². The average Bonchev–Trinajstić information content (AvgIpc) is 2.33. The van der Waals surface area contributed by atoms with Gasteiger partial charge in [0.1, 0.15) is 6.61 Å². The molecular weight excluding hydrogens is 232 g/mol. The zero-order chi connectivity index (χ0) is 13.1. The lowest BCUT2D eigenvalue weighted by Gasteiger charge is -2.00. The van der Waals surface area contributed by atoms with E-state index in [1.165, 1.54) is 14.2 Å². The Kier molecular flexibility index (Phi) is 8.31. The normalized spacial score (nSPS) is 10.0.